The molecule has 0 atom stereocenters. The number of hydrogen-bond acceptors (Lipinski definition) is 1. The molecule has 0 aromatic heterocycles. The van der Waals surface area contributed by atoms with E-state index >= 15 is 0 Å². The van der Waals surface area contributed by atoms with Crippen LogP contribution in [0.5, 0.6) is 0 Å². The Balaban J connectivity index is 1.07. The van der Waals surface area contributed by atoms with Crippen LogP contribution in [0.25, 0.3) is 55.6 Å². The molecule has 2 aliphatic carbocycles. The highest BCUT2D eigenvalue weighted by atomic mass is 15.1. The van der Waals surface area contributed by atoms with E-state index in [2.05, 4.69) is 254 Å². The summed E-state index contributed by atoms with van der Waals surface area (Å²) in [5, 5.41) is 0. The summed E-state index contributed by atoms with van der Waals surface area (Å²) in [5.74, 6) is 0. The third kappa shape index (κ3) is 6.00. The first-order chi connectivity index (χ1) is 31.3. The van der Waals surface area contributed by atoms with E-state index < -0.39 is 5.41 Å². The molecule has 0 spiro atoms. The lowest BCUT2D eigenvalue weighted by Gasteiger charge is -2.35. The number of anilines is 3. The molecule has 10 aromatic rings. The van der Waals surface area contributed by atoms with Gasteiger partial charge < -0.3 is 4.90 Å². The van der Waals surface area contributed by atoms with Gasteiger partial charge >= 0.3 is 0 Å². The normalized spacial score (nSPS) is 12.8. The topological polar surface area (TPSA) is 3.24 Å². The molecule has 0 amide bonds. The van der Waals surface area contributed by atoms with Crippen LogP contribution in [-0.4, -0.2) is 0 Å². The third-order valence-electron chi connectivity index (χ3n) is 13.4. The fourth-order valence-corrected chi connectivity index (χ4v) is 10.6. The van der Waals surface area contributed by atoms with Crippen molar-refractivity contribution in [3.8, 4) is 55.6 Å². The van der Waals surface area contributed by atoms with Gasteiger partial charge in [0.1, 0.15) is 0 Å². The van der Waals surface area contributed by atoms with Gasteiger partial charge in [0.25, 0.3) is 0 Å². The minimum atomic E-state index is -0.522. The van der Waals surface area contributed by atoms with Gasteiger partial charge in [-0.05, 0) is 126 Å². The molecule has 0 bridgehead atoms. The molecule has 1 nitrogen and oxygen atoms in total. The largest absolute Gasteiger partial charge is 0.310 e. The fraction of sp³-hybridized carbons (Fsp3) is 0.0323. The van der Waals surface area contributed by atoms with E-state index in [4.69, 9.17) is 0 Å². The van der Waals surface area contributed by atoms with Crippen molar-refractivity contribution in [1.29, 1.82) is 0 Å². The summed E-state index contributed by atoms with van der Waals surface area (Å²) >= 11 is 0. The summed E-state index contributed by atoms with van der Waals surface area (Å²) in [6.45, 7) is 0. The van der Waals surface area contributed by atoms with Gasteiger partial charge in [0.05, 0.1) is 11.1 Å². The maximum atomic E-state index is 2.48. The maximum absolute atomic E-state index is 2.48. The predicted molar refractivity (Wildman–Crippen MR) is 263 cm³/mol. The Morgan fingerprint density at radius 3 is 1.54 bits per heavy atom. The lowest BCUT2D eigenvalue weighted by atomic mass is 9.67. The van der Waals surface area contributed by atoms with Crippen LogP contribution in [0.2, 0.25) is 0 Å². The number of benzene rings is 10. The maximum Gasteiger partial charge on any atom is 0.0714 e. The lowest BCUT2D eigenvalue weighted by molar-refractivity contribution is 0.768. The van der Waals surface area contributed by atoms with Crippen LogP contribution in [-0.2, 0) is 11.8 Å². The van der Waals surface area contributed by atoms with E-state index in [1.165, 1.54) is 89.0 Å². The number of fused-ring (bicyclic) bond motifs is 6. The van der Waals surface area contributed by atoms with Crippen molar-refractivity contribution in [3.63, 3.8) is 0 Å². The zero-order valence-corrected chi connectivity index (χ0v) is 34.8. The molecule has 0 saturated carbocycles. The SMILES string of the molecule is c1ccc(-c2ccccc2-c2ccccc2N(c2ccc(-c3ccc4c(c3)-c3ccccc3C4)cc2)c2ccc3c(c2)C(c2ccccc2)(c2ccccc2)c2ccccc2-3)cc1. The summed E-state index contributed by atoms with van der Waals surface area (Å²) in [7, 11) is 0. The van der Waals surface area contributed by atoms with Crippen LogP contribution < -0.4 is 4.90 Å². The molecule has 0 N–H and O–H groups in total. The van der Waals surface area contributed by atoms with Crippen molar-refractivity contribution in [2.75, 3.05) is 4.90 Å². The van der Waals surface area contributed by atoms with E-state index in [-0.39, 0.29) is 0 Å². The number of hydrogen-bond donors (Lipinski definition) is 0. The molecule has 0 aliphatic heterocycles. The van der Waals surface area contributed by atoms with Gasteiger partial charge in [-0.2, -0.15) is 0 Å². The van der Waals surface area contributed by atoms with Crippen molar-refractivity contribution < 1.29 is 0 Å². The van der Waals surface area contributed by atoms with Crippen molar-refractivity contribution in [2.45, 2.75) is 11.8 Å². The minimum absolute atomic E-state index is 0.522. The fourth-order valence-electron chi connectivity index (χ4n) is 10.6. The van der Waals surface area contributed by atoms with E-state index in [1.54, 1.807) is 0 Å². The summed E-state index contributed by atoms with van der Waals surface area (Å²) in [4.78, 5) is 2.48. The second-order valence-corrected chi connectivity index (χ2v) is 16.8. The number of para-hydroxylation sites is 1. The molecule has 0 saturated heterocycles. The summed E-state index contributed by atoms with van der Waals surface area (Å²) in [6.07, 6.45) is 0.994. The summed E-state index contributed by atoms with van der Waals surface area (Å²) in [5.41, 5.74) is 23.1. The van der Waals surface area contributed by atoms with Gasteiger partial charge in [-0.25, -0.2) is 0 Å². The zero-order chi connectivity index (χ0) is 41.7. The van der Waals surface area contributed by atoms with Gasteiger partial charge in [0, 0.05) is 16.9 Å². The Morgan fingerprint density at radius 1 is 0.286 bits per heavy atom. The molecule has 12 rings (SSSR count). The van der Waals surface area contributed by atoms with Crippen LogP contribution in [0.1, 0.15) is 33.4 Å². The van der Waals surface area contributed by atoms with Crippen molar-refractivity contribution >= 4 is 17.1 Å². The molecule has 63 heavy (non-hydrogen) atoms. The summed E-state index contributed by atoms with van der Waals surface area (Å²) < 4.78 is 0. The van der Waals surface area contributed by atoms with E-state index in [0.29, 0.717) is 0 Å². The Hall–Kier alpha value is -8.00. The lowest BCUT2D eigenvalue weighted by Crippen LogP contribution is -2.28. The van der Waals surface area contributed by atoms with Crippen LogP contribution in [0.15, 0.2) is 249 Å². The molecular formula is C62H43N. The van der Waals surface area contributed by atoms with E-state index in [0.717, 1.165) is 23.5 Å². The van der Waals surface area contributed by atoms with Gasteiger partial charge in [0.15, 0.2) is 0 Å². The first-order valence-electron chi connectivity index (χ1n) is 22.0. The Kier molecular flexibility index (Phi) is 8.86. The Labute approximate surface area is 369 Å². The van der Waals surface area contributed by atoms with Crippen molar-refractivity contribution in [2.24, 2.45) is 0 Å². The molecular weight excluding hydrogens is 759 g/mol. The van der Waals surface area contributed by atoms with Gasteiger partial charge in [-0.3, -0.25) is 0 Å². The highest BCUT2D eigenvalue weighted by Crippen LogP contribution is 2.57. The second kappa shape index (κ2) is 15.2. The van der Waals surface area contributed by atoms with Gasteiger partial charge in [-0.1, -0.05) is 212 Å². The van der Waals surface area contributed by atoms with Crippen LogP contribution in [0, 0.1) is 0 Å². The van der Waals surface area contributed by atoms with Crippen LogP contribution in [0.4, 0.5) is 17.1 Å². The van der Waals surface area contributed by atoms with Gasteiger partial charge in [0.2, 0.25) is 0 Å². The van der Waals surface area contributed by atoms with Crippen LogP contribution >= 0.6 is 0 Å². The Bertz CT molecular complexity index is 3250. The first kappa shape index (κ1) is 36.8. The quantitative estimate of drug-likeness (QED) is 0.148. The first-order valence-corrected chi connectivity index (χ1v) is 22.0. The van der Waals surface area contributed by atoms with E-state index in [1.807, 2.05) is 0 Å². The smallest absolute Gasteiger partial charge is 0.0714 e. The van der Waals surface area contributed by atoms with Crippen LogP contribution in [0.3, 0.4) is 0 Å². The monoisotopic (exact) mass is 801 g/mol. The standard InChI is InChI=1S/C62H43N/c1-4-18-44(19-5-1)52-25-12-13-27-54(52)57-29-15-17-31-61(57)63(50-36-34-43(35-37-50)45-32-33-47-40-46-20-10-11-26-53(46)58(47)41-45)51-38-39-56-55-28-14-16-30-59(55)62(60(56)42-51,48-21-6-2-7-22-48)49-23-8-3-9-24-49/h1-39,41-42H,40H2. The molecule has 10 aromatic carbocycles. The van der Waals surface area contributed by atoms with E-state index in [9.17, 15) is 0 Å². The Morgan fingerprint density at radius 2 is 0.810 bits per heavy atom. The molecule has 296 valence electrons. The zero-order valence-electron chi connectivity index (χ0n) is 34.8. The second-order valence-electron chi connectivity index (χ2n) is 16.8. The molecule has 0 radical (unpaired) electrons. The highest BCUT2D eigenvalue weighted by molar-refractivity contribution is 5.96. The average molecular weight is 802 g/mol. The van der Waals surface area contributed by atoms with Crippen molar-refractivity contribution in [3.05, 3.63) is 282 Å². The molecule has 0 unspecified atom stereocenters. The molecule has 0 fully saturated rings. The number of nitrogens with zero attached hydrogens (tertiary/aromatic N) is 1. The summed E-state index contributed by atoms with van der Waals surface area (Å²) in [6, 6.07) is 91.8. The van der Waals surface area contributed by atoms with Crippen molar-refractivity contribution in [1.82, 2.24) is 0 Å². The molecule has 0 heterocycles. The average Bonchev–Trinajstić information content (AvgIpc) is 3.88. The molecule has 2 aliphatic rings. The predicted octanol–water partition coefficient (Wildman–Crippen LogP) is 16.1. The minimum Gasteiger partial charge on any atom is -0.310 e. The highest BCUT2D eigenvalue weighted by Gasteiger charge is 2.46. The third-order valence-corrected chi connectivity index (χ3v) is 13.4. The number of rotatable bonds is 8. The molecule has 1 heteroatoms. The van der Waals surface area contributed by atoms with Gasteiger partial charge in [-0.15, -0.1) is 0 Å².